The lowest BCUT2D eigenvalue weighted by Gasteiger charge is -2.18. The first kappa shape index (κ1) is 66.2. The molecule has 68 heavy (non-hydrogen) atoms. The largest absolute Gasteiger partial charge is 0.462 e. The molecular weight excluding hydrogens is 841 g/mol. The minimum atomic E-state index is -0.761. The fourth-order valence-corrected chi connectivity index (χ4v) is 9.38. The van der Waals surface area contributed by atoms with Gasteiger partial charge in [-0.25, -0.2) is 0 Å². The number of rotatable bonds is 57. The summed E-state index contributed by atoms with van der Waals surface area (Å²) < 4.78 is 16.8. The summed E-state index contributed by atoms with van der Waals surface area (Å²) in [5.41, 5.74) is 0. The third-order valence-corrected chi connectivity index (χ3v) is 14.0. The maximum atomic E-state index is 12.8. The van der Waals surface area contributed by atoms with Crippen LogP contribution in [0.3, 0.4) is 0 Å². The number of ether oxygens (including phenoxy) is 3. The SMILES string of the molecule is CCCCCCCCCC/C=C\CCCCCCCCCCCCCCCCCCCC(=O)OCC(COC(=O)CCCCCCCCCCC)OC(=O)CCCCCCCCCCCCCC. The standard InChI is InChI=1S/C62H118O6/c1-4-7-10-13-16-19-21-23-24-25-26-27-28-29-30-31-32-33-34-35-36-37-38-39-41-43-46-49-52-55-61(64)67-58-59(57-66-60(63)54-51-48-45-42-18-15-12-9-6-3)68-62(65)56-53-50-47-44-40-22-20-17-14-11-8-5-2/h25-26,59H,4-24,27-58H2,1-3H3/b26-25-. The fourth-order valence-electron chi connectivity index (χ4n) is 9.38. The van der Waals surface area contributed by atoms with Crippen LogP contribution >= 0.6 is 0 Å². The molecule has 0 rings (SSSR count). The van der Waals surface area contributed by atoms with E-state index < -0.39 is 6.10 Å². The summed E-state index contributed by atoms with van der Waals surface area (Å²) in [6.45, 7) is 6.67. The zero-order valence-corrected chi connectivity index (χ0v) is 46.2. The van der Waals surface area contributed by atoms with Gasteiger partial charge in [0.15, 0.2) is 6.10 Å². The smallest absolute Gasteiger partial charge is 0.306 e. The molecule has 0 amide bonds. The highest BCUT2D eigenvalue weighted by molar-refractivity contribution is 5.71. The van der Waals surface area contributed by atoms with Crippen molar-refractivity contribution in [2.45, 2.75) is 354 Å². The van der Waals surface area contributed by atoms with Crippen LogP contribution in [-0.2, 0) is 28.6 Å². The second-order valence-electron chi connectivity index (χ2n) is 21.0. The molecule has 6 heteroatoms. The van der Waals surface area contributed by atoms with Crippen LogP contribution < -0.4 is 0 Å². The Kier molecular flexibility index (Phi) is 56.2. The van der Waals surface area contributed by atoms with Crippen molar-refractivity contribution in [2.75, 3.05) is 13.2 Å². The minimum absolute atomic E-state index is 0.0634. The minimum Gasteiger partial charge on any atom is -0.462 e. The van der Waals surface area contributed by atoms with Gasteiger partial charge in [0, 0.05) is 19.3 Å². The number of unbranched alkanes of at least 4 members (excludes halogenated alkanes) is 44. The van der Waals surface area contributed by atoms with Gasteiger partial charge in [0.25, 0.3) is 0 Å². The lowest BCUT2D eigenvalue weighted by atomic mass is 10.0. The molecule has 1 atom stereocenters. The van der Waals surface area contributed by atoms with Gasteiger partial charge in [0.05, 0.1) is 0 Å². The first-order valence-corrected chi connectivity index (χ1v) is 30.7. The van der Waals surface area contributed by atoms with E-state index in [2.05, 4.69) is 32.9 Å². The van der Waals surface area contributed by atoms with Crippen LogP contribution in [0.4, 0.5) is 0 Å². The van der Waals surface area contributed by atoms with Gasteiger partial charge >= 0.3 is 17.9 Å². The molecule has 0 aliphatic carbocycles. The van der Waals surface area contributed by atoms with Crippen LogP contribution in [0.25, 0.3) is 0 Å². The molecule has 6 nitrogen and oxygen atoms in total. The van der Waals surface area contributed by atoms with Gasteiger partial charge in [-0.05, 0) is 44.9 Å². The molecule has 1 unspecified atom stereocenters. The maximum absolute atomic E-state index is 12.8. The van der Waals surface area contributed by atoms with Gasteiger partial charge in [-0.2, -0.15) is 0 Å². The summed E-state index contributed by atoms with van der Waals surface area (Å²) in [6, 6.07) is 0. The number of carbonyl (C=O) groups is 3. The van der Waals surface area contributed by atoms with Crippen LogP contribution in [0.15, 0.2) is 12.2 Å². The molecule has 0 aliphatic rings. The van der Waals surface area contributed by atoms with Gasteiger partial charge in [0.1, 0.15) is 13.2 Å². The number of esters is 3. The highest BCUT2D eigenvalue weighted by atomic mass is 16.6. The Morgan fingerprint density at radius 1 is 0.279 bits per heavy atom. The summed E-state index contributed by atoms with van der Waals surface area (Å²) in [4.78, 5) is 38.0. The monoisotopic (exact) mass is 959 g/mol. The van der Waals surface area contributed by atoms with E-state index in [1.165, 1.54) is 250 Å². The second-order valence-corrected chi connectivity index (χ2v) is 21.0. The van der Waals surface area contributed by atoms with Crippen molar-refractivity contribution in [1.29, 1.82) is 0 Å². The zero-order valence-electron chi connectivity index (χ0n) is 46.2. The number of hydrogen-bond donors (Lipinski definition) is 0. The Hall–Kier alpha value is -1.85. The molecule has 0 bridgehead atoms. The highest BCUT2D eigenvalue weighted by Gasteiger charge is 2.19. The third-order valence-electron chi connectivity index (χ3n) is 14.0. The molecule has 0 radical (unpaired) electrons. The summed E-state index contributed by atoms with van der Waals surface area (Å²) in [7, 11) is 0. The summed E-state index contributed by atoms with van der Waals surface area (Å²) >= 11 is 0. The van der Waals surface area contributed by atoms with Crippen LogP contribution in [0.5, 0.6) is 0 Å². The van der Waals surface area contributed by atoms with Gasteiger partial charge < -0.3 is 14.2 Å². The van der Waals surface area contributed by atoms with Gasteiger partial charge in [-0.3, -0.25) is 14.4 Å². The van der Waals surface area contributed by atoms with Crippen molar-refractivity contribution in [3.63, 3.8) is 0 Å². The Morgan fingerprint density at radius 2 is 0.485 bits per heavy atom. The highest BCUT2D eigenvalue weighted by Crippen LogP contribution is 2.18. The van der Waals surface area contributed by atoms with Crippen LogP contribution in [0.1, 0.15) is 348 Å². The Balaban J connectivity index is 4.01. The molecule has 0 heterocycles. The summed E-state index contributed by atoms with van der Waals surface area (Å²) in [6.07, 6.45) is 66.7. The molecule has 0 spiro atoms. The van der Waals surface area contributed by atoms with E-state index in [0.29, 0.717) is 19.3 Å². The van der Waals surface area contributed by atoms with E-state index in [9.17, 15) is 14.4 Å². The molecule has 402 valence electrons. The molecule has 0 aromatic carbocycles. The lowest BCUT2D eigenvalue weighted by Crippen LogP contribution is -2.30. The third kappa shape index (κ3) is 55.1. The van der Waals surface area contributed by atoms with Gasteiger partial charge in [0.2, 0.25) is 0 Å². The van der Waals surface area contributed by atoms with Crippen molar-refractivity contribution in [3.8, 4) is 0 Å². The molecule has 0 saturated heterocycles. The van der Waals surface area contributed by atoms with E-state index in [0.717, 1.165) is 57.8 Å². The lowest BCUT2D eigenvalue weighted by molar-refractivity contribution is -0.167. The molecule has 0 aromatic heterocycles. The molecule has 0 saturated carbocycles. The summed E-state index contributed by atoms with van der Waals surface area (Å²) in [5, 5.41) is 0. The zero-order chi connectivity index (χ0) is 49.3. The van der Waals surface area contributed by atoms with Crippen molar-refractivity contribution < 1.29 is 28.6 Å². The average Bonchev–Trinajstić information content (AvgIpc) is 3.34. The quantitative estimate of drug-likeness (QED) is 0.0262. The van der Waals surface area contributed by atoms with Crippen molar-refractivity contribution in [3.05, 3.63) is 12.2 Å². The van der Waals surface area contributed by atoms with E-state index in [1.54, 1.807) is 0 Å². The van der Waals surface area contributed by atoms with Crippen molar-refractivity contribution >= 4 is 17.9 Å². The molecule has 0 aliphatic heterocycles. The Morgan fingerprint density at radius 3 is 0.735 bits per heavy atom. The van der Waals surface area contributed by atoms with Crippen molar-refractivity contribution in [2.24, 2.45) is 0 Å². The normalized spacial score (nSPS) is 12.0. The molecule has 0 aromatic rings. The van der Waals surface area contributed by atoms with E-state index in [4.69, 9.17) is 14.2 Å². The topological polar surface area (TPSA) is 78.9 Å². The number of carbonyl (C=O) groups excluding carboxylic acids is 3. The van der Waals surface area contributed by atoms with Crippen LogP contribution in [-0.4, -0.2) is 37.2 Å². The Bertz CT molecular complexity index is 1060. The van der Waals surface area contributed by atoms with Gasteiger partial charge in [-0.1, -0.05) is 296 Å². The number of hydrogen-bond acceptors (Lipinski definition) is 6. The predicted molar refractivity (Wildman–Crippen MR) is 293 cm³/mol. The Labute approximate surface area is 424 Å². The first-order chi connectivity index (χ1) is 33.5. The van der Waals surface area contributed by atoms with E-state index >= 15 is 0 Å². The molecule has 0 N–H and O–H groups in total. The predicted octanol–water partition coefficient (Wildman–Crippen LogP) is 20.5. The van der Waals surface area contributed by atoms with Crippen LogP contribution in [0.2, 0.25) is 0 Å². The maximum Gasteiger partial charge on any atom is 0.306 e. The van der Waals surface area contributed by atoms with Gasteiger partial charge in [-0.15, -0.1) is 0 Å². The van der Waals surface area contributed by atoms with Crippen LogP contribution in [0, 0.1) is 0 Å². The number of allylic oxidation sites excluding steroid dienone is 2. The molecular formula is C62H118O6. The summed E-state index contributed by atoms with van der Waals surface area (Å²) in [5.74, 6) is -0.843. The van der Waals surface area contributed by atoms with E-state index in [1.807, 2.05) is 0 Å². The average molecular weight is 960 g/mol. The van der Waals surface area contributed by atoms with E-state index in [-0.39, 0.29) is 31.1 Å². The van der Waals surface area contributed by atoms with Crippen molar-refractivity contribution in [1.82, 2.24) is 0 Å². The first-order valence-electron chi connectivity index (χ1n) is 30.7. The molecule has 0 fully saturated rings. The fraction of sp³-hybridized carbons (Fsp3) is 0.919. The second kappa shape index (κ2) is 57.7.